The molecule has 1 heterocycles. The van der Waals surface area contributed by atoms with Crippen molar-refractivity contribution in [1.82, 2.24) is 0 Å². The molecule has 4 nitrogen and oxygen atoms in total. The summed E-state index contributed by atoms with van der Waals surface area (Å²) in [5.74, 6) is 0. The van der Waals surface area contributed by atoms with Gasteiger partial charge < -0.3 is 19.7 Å². The molecule has 0 aromatic rings. The topological polar surface area (TPSA) is 58.9 Å². The Morgan fingerprint density at radius 3 is 2.00 bits per heavy atom. The highest BCUT2D eigenvalue weighted by atomic mass is 16.7. The molecule has 1 rings (SSSR count). The zero-order valence-electron chi connectivity index (χ0n) is 7.01. The SMILES string of the molecule is C/C=C/C1O[C@H](CO)[C@@H](CO)O1. The average molecular weight is 174 g/mol. The number of hydrogen-bond donors (Lipinski definition) is 2. The first-order chi connectivity index (χ1) is 5.81. The lowest BCUT2D eigenvalue weighted by Crippen LogP contribution is -2.29. The molecular weight excluding hydrogens is 160 g/mol. The van der Waals surface area contributed by atoms with Gasteiger partial charge in [0.05, 0.1) is 13.2 Å². The number of aliphatic hydroxyl groups is 2. The summed E-state index contributed by atoms with van der Waals surface area (Å²) in [6.07, 6.45) is 2.30. The summed E-state index contributed by atoms with van der Waals surface area (Å²) in [6, 6.07) is 0. The van der Waals surface area contributed by atoms with Gasteiger partial charge in [-0.25, -0.2) is 0 Å². The molecule has 12 heavy (non-hydrogen) atoms. The minimum absolute atomic E-state index is 0.126. The molecule has 0 aromatic heterocycles. The second kappa shape index (κ2) is 4.57. The van der Waals surface area contributed by atoms with Crippen LogP contribution in [0.5, 0.6) is 0 Å². The Balaban J connectivity index is 2.47. The van der Waals surface area contributed by atoms with Crippen molar-refractivity contribution >= 4 is 0 Å². The molecule has 0 saturated carbocycles. The van der Waals surface area contributed by atoms with Gasteiger partial charge >= 0.3 is 0 Å². The van der Waals surface area contributed by atoms with Gasteiger partial charge in [-0.3, -0.25) is 0 Å². The summed E-state index contributed by atoms with van der Waals surface area (Å²) in [4.78, 5) is 0. The van der Waals surface area contributed by atoms with Gasteiger partial charge in [0.1, 0.15) is 12.2 Å². The molecule has 1 aliphatic rings. The third-order valence-electron chi connectivity index (χ3n) is 1.74. The van der Waals surface area contributed by atoms with Crippen molar-refractivity contribution in [3.05, 3.63) is 12.2 Å². The third-order valence-corrected chi connectivity index (χ3v) is 1.74. The van der Waals surface area contributed by atoms with Crippen LogP contribution in [0.3, 0.4) is 0 Å². The molecule has 0 radical (unpaired) electrons. The van der Waals surface area contributed by atoms with Crippen LogP contribution < -0.4 is 0 Å². The highest BCUT2D eigenvalue weighted by Crippen LogP contribution is 2.19. The third kappa shape index (κ3) is 2.04. The van der Waals surface area contributed by atoms with Gasteiger partial charge in [0, 0.05) is 0 Å². The lowest BCUT2D eigenvalue weighted by atomic mass is 10.2. The van der Waals surface area contributed by atoms with Crippen LogP contribution in [0, 0.1) is 0 Å². The quantitative estimate of drug-likeness (QED) is 0.574. The van der Waals surface area contributed by atoms with E-state index in [1.54, 1.807) is 12.2 Å². The fourth-order valence-electron chi connectivity index (χ4n) is 1.12. The van der Waals surface area contributed by atoms with Crippen LogP contribution >= 0.6 is 0 Å². The van der Waals surface area contributed by atoms with E-state index in [0.717, 1.165) is 0 Å². The van der Waals surface area contributed by atoms with E-state index in [0.29, 0.717) is 0 Å². The molecule has 0 unspecified atom stereocenters. The van der Waals surface area contributed by atoms with Crippen molar-refractivity contribution < 1.29 is 19.7 Å². The molecule has 2 atom stereocenters. The lowest BCUT2D eigenvalue weighted by molar-refractivity contribution is -0.0386. The van der Waals surface area contributed by atoms with E-state index in [2.05, 4.69) is 0 Å². The number of hydrogen-bond acceptors (Lipinski definition) is 4. The standard InChI is InChI=1S/C8H14O4/c1-2-3-8-11-6(4-9)7(5-10)12-8/h2-3,6-10H,4-5H2,1H3/b3-2+/t6-,7-/m1/s1. The van der Waals surface area contributed by atoms with Crippen molar-refractivity contribution in [3.63, 3.8) is 0 Å². The maximum absolute atomic E-state index is 8.81. The second-order valence-corrected chi connectivity index (χ2v) is 2.61. The Bertz CT molecular complexity index is 145. The van der Waals surface area contributed by atoms with Gasteiger partial charge in [0.2, 0.25) is 0 Å². The molecular formula is C8H14O4. The molecule has 2 N–H and O–H groups in total. The van der Waals surface area contributed by atoms with Crippen LogP contribution in [0.15, 0.2) is 12.2 Å². The Labute approximate surface area is 71.4 Å². The van der Waals surface area contributed by atoms with Crippen molar-refractivity contribution in [3.8, 4) is 0 Å². The summed E-state index contributed by atoms with van der Waals surface area (Å²) in [7, 11) is 0. The summed E-state index contributed by atoms with van der Waals surface area (Å²) < 4.78 is 10.5. The molecule has 0 amide bonds. The van der Waals surface area contributed by atoms with Crippen molar-refractivity contribution in [1.29, 1.82) is 0 Å². The maximum Gasteiger partial charge on any atom is 0.177 e. The molecule has 0 aliphatic carbocycles. The van der Waals surface area contributed by atoms with E-state index < -0.39 is 18.5 Å². The van der Waals surface area contributed by atoms with E-state index in [1.807, 2.05) is 6.92 Å². The van der Waals surface area contributed by atoms with Crippen LogP contribution in [0.25, 0.3) is 0 Å². The summed E-state index contributed by atoms with van der Waals surface area (Å²) in [5.41, 5.74) is 0. The van der Waals surface area contributed by atoms with Crippen molar-refractivity contribution in [2.45, 2.75) is 25.4 Å². The normalized spacial score (nSPS) is 31.9. The van der Waals surface area contributed by atoms with Crippen LogP contribution in [0.2, 0.25) is 0 Å². The minimum Gasteiger partial charge on any atom is -0.394 e. The van der Waals surface area contributed by atoms with Gasteiger partial charge in [-0.1, -0.05) is 6.08 Å². The van der Waals surface area contributed by atoms with Gasteiger partial charge in [-0.05, 0) is 13.0 Å². The van der Waals surface area contributed by atoms with E-state index in [4.69, 9.17) is 19.7 Å². The highest BCUT2D eigenvalue weighted by Gasteiger charge is 2.33. The highest BCUT2D eigenvalue weighted by molar-refractivity contribution is 4.88. The zero-order valence-corrected chi connectivity index (χ0v) is 7.01. The molecule has 0 aromatic carbocycles. The molecule has 1 aliphatic heterocycles. The average Bonchev–Trinajstić information content (AvgIpc) is 2.48. The first-order valence-electron chi connectivity index (χ1n) is 3.97. The number of allylic oxidation sites excluding steroid dienone is 1. The van der Waals surface area contributed by atoms with Crippen molar-refractivity contribution in [2.75, 3.05) is 13.2 Å². The monoisotopic (exact) mass is 174 g/mol. The van der Waals surface area contributed by atoms with Gasteiger partial charge in [0.25, 0.3) is 0 Å². The largest absolute Gasteiger partial charge is 0.394 e. The number of aliphatic hydroxyl groups excluding tert-OH is 2. The lowest BCUT2D eigenvalue weighted by Gasteiger charge is -2.09. The number of rotatable bonds is 3. The second-order valence-electron chi connectivity index (χ2n) is 2.61. The summed E-state index contributed by atoms with van der Waals surface area (Å²) in [5, 5.41) is 17.6. The molecule has 0 bridgehead atoms. The molecule has 0 spiro atoms. The molecule has 4 heteroatoms. The van der Waals surface area contributed by atoms with E-state index in [-0.39, 0.29) is 13.2 Å². The van der Waals surface area contributed by atoms with Gasteiger partial charge in [0.15, 0.2) is 6.29 Å². The fraction of sp³-hybridized carbons (Fsp3) is 0.750. The van der Waals surface area contributed by atoms with Gasteiger partial charge in [-0.2, -0.15) is 0 Å². The predicted octanol–water partition coefficient (Wildman–Crippen LogP) is -0.343. The molecule has 1 saturated heterocycles. The minimum atomic E-state index is -0.427. The molecule has 1 fully saturated rings. The Morgan fingerprint density at radius 1 is 1.17 bits per heavy atom. The van der Waals surface area contributed by atoms with Crippen LogP contribution in [-0.2, 0) is 9.47 Å². The van der Waals surface area contributed by atoms with Crippen LogP contribution in [-0.4, -0.2) is 41.9 Å². The Hall–Kier alpha value is -0.420. The van der Waals surface area contributed by atoms with E-state index in [1.165, 1.54) is 0 Å². The van der Waals surface area contributed by atoms with Crippen LogP contribution in [0.1, 0.15) is 6.92 Å². The maximum atomic E-state index is 8.81. The van der Waals surface area contributed by atoms with E-state index in [9.17, 15) is 0 Å². The van der Waals surface area contributed by atoms with E-state index >= 15 is 0 Å². The first-order valence-corrected chi connectivity index (χ1v) is 3.97. The summed E-state index contributed by atoms with van der Waals surface area (Å²) >= 11 is 0. The zero-order chi connectivity index (χ0) is 8.97. The van der Waals surface area contributed by atoms with Gasteiger partial charge in [-0.15, -0.1) is 0 Å². The first kappa shape index (κ1) is 9.67. The predicted molar refractivity (Wildman–Crippen MR) is 42.5 cm³/mol. The van der Waals surface area contributed by atoms with Crippen molar-refractivity contribution in [2.24, 2.45) is 0 Å². The fourth-order valence-corrected chi connectivity index (χ4v) is 1.12. The smallest absolute Gasteiger partial charge is 0.177 e. The number of ether oxygens (including phenoxy) is 2. The Kier molecular flexibility index (Phi) is 3.68. The van der Waals surface area contributed by atoms with Crippen LogP contribution in [0.4, 0.5) is 0 Å². The summed E-state index contributed by atoms with van der Waals surface area (Å²) in [6.45, 7) is 1.60. The molecule has 70 valence electrons. The Morgan fingerprint density at radius 2 is 1.67 bits per heavy atom.